The fourth-order valence-corrected chi connectivity index (χ4v) is 4.51. The summed E-state index contributed by atoms with van der Waals surface area (Å²) in [5.41, 5.74) is 0.498. The summed E-state index contributed by atoms with van der Waals surface area (Å²) in [6, 6.07) is 0.741. The van der Waals surface area contributed by atoms with Gasteiger partial charge in [0, 0.05) is 18.1 Å². The van der Waals surface area contributed by atoms with Crippen molar-refractivity contribution in [2.24, 2.45) is 17.3 Å². The summed E-state index contributed by atoms with van der Waals surface area (Å²) in [7, 11) is 0. The normalized spacial score (nSPS) is 35.1. The molecule has 1 spiro atoms. The van der Waals surface area contributed by atoms with Crippen LogP contribution in [0.3, 0.4) is 0 Å². The zero-order valence-electron chi connectivity index (χ0n) is 12.8. The van der Waals surface area contributed by atoms with E-state index in [-0.39, 0.29) is 0 Å². The van der Waals surface area contributed by atoms with Crippen LogP contribution < -0.4 is 5.32 Å². The number of ether oxygens (including phenoxy) is 1. The molecule has 1 N–H and O–H groups in total. The largest absolute Gasteiger partial charge is 0.378 e. The molecule has 0 bridgehead atoms. The molecule has 3 unspecified atom stereocenters. The van der Waals surface area contributed by atoms with E-state index >= 15 is 0 Å². The first kappa shape index (κ1) is 13.9. The quantitative estimate of drug-likeness (QED) is 0.789. The van der Waals surface area contributed by atoms with Gasteiger partial charge in [-0.05, 0) is 57.4 Å². The van der Waals surface area contributed by atoms with Crippen LogP contribution >= 0.6 is 0 Å². The van der Waals surface area contributed by atoms with E-state index in [4.69, 9.17) is 4.74 Å². The minimum absolute atomic E-state index is 0.498. The molecule has 0 aromatic rings. The van der Waals surface area contributed by atoms with E-state index in [9.17, 15) is 0 Å². The Morgan fingerprint density at radius 3 is 2.58 bits per heavy atom. The molecule has 0 saturated heterocycles. The predicted octanol–water partition coefficient (Wildman–Crippen LogP) is 3.75. The van der Waals surface area contributed by atoms with Gasteiger partial charge < -0.3 is 10.1 Å². The lowest BCUT2D eigenvalue weighted by Crippen LogP contribution is -2.64. The molecule has 2 nitrogen and oxygen atoms in total. The van der Waals surface area contributed by atoms with Gasteiger partial charge in [0.05, 0.1) is 6.10 Å². The van der Waals surface area contributed by atoms with E-state index in [1.54, 1.807) is 0 Å². The maximum atomic E-state index is 6.03. The van der Waals surface area contributed by atoms with Crippen molar-refractivity contribution in [1.29, 1.82) is 0 Å². The maximum absolute atomic E-state index is 6.03. The third kappa shape index (κ3) is 2.71. The molecule has 0 radical (unpaired) electrons. The van der Waals surface area contributed by atoms with Gasteiger partial charge in [-0.3, -0.25) is 0 Å². The van der Waals surface area contributed by atoms with E-state index in [0.29, 0.717) is 11.5 Å². The topological polar surface area (TPSA) is 21.3 Å². The van der Waals surface area contributed by atoms with Crippen LogP contribution in [-0.2, 0) is 4.74 Å². The summed E-state index contributed by atoms with van der Waals surface area (Å²) in [5, 5.41) is 3.91. The van der Waals surface area contributed by atoms with Crippen molar-refractivity contribution >= 4 is 0 Å². The van der Waals surface area contributed by atoms with Gasteiger partial charge >= 0.3 is 0 Å². The maximum Gasteiger partial charge on any atom is 0.0661 e. The summed E-state index contributed by atoms with van der Waals surface area (Å²) < 4.78 is 6.03. The Morgan fingerprint density at radius 1 is 1.21 bits per heavy atom. The Balaban J connectivity index is 1.54. The highest BCUT2D eigenvalue weighted by Crippen LogP contribution is 2.53. The predicted molar refractivity (Wildman–Crippen MR) is 79.2 cm³/mol. The molecule has 0 aliphatic heterocycles. The molecule has 19 heavy (non-hydrogen) atoms. The molecule has 3 fully saturated rings. The second kappa shape index (κ2) is 5.73. The lowest BCUT2D eigenvalue weighted by molar-refractivity contribution is -0.150. The van der Waals surface area contributed by atoms with E-state index in [2.05, 4.69) is 19.2 Å². The van der Waals surface area contributed by atoms with Crippen LogP contribution in [0.5, 0.6) is 0 Å². The monoisotopic (exact) mass is 265 g/mol. The molecule has 3 saturated carbocycles. The van der Waals surface area contributed by atoms with Gasteiger partial charge in [0.2, 0.25) is 0 Å². The molecule has 3 rings (SSSR count). The minimum Gasteiger partial charge on any atom is -0.378 e. The molecule has 0 heterocycles. The fourth-order valence-electron chi connectivity index (χ4n) is 4.51. The smallest absolute Gasteiger partial charge is 0.0661 e. The molecule has 3 aliphatic carbocycles. The van der Waals surface area contributed by atoms with Crippen molar-refractivity contribution in [3.8, 4) is 0 Å². The van der Waals surface area contributed by atoms with Gasteiger partial charge in [0.1, 0.15) is 0 Å². The zero-order chi connectivity index (χ0) is 13.3. The molecule has 2 heteroatoms. The summed E-state index contributed by atoms with van der Waals surface area (Å²) >= 11 is 0. The fraction of sp³-hybridized carbons (Fsp3) is 1.00. The Kier molecular flexibility index (Phi) is 4.19. The molecular weight excluding hydrogens is 234 g/mol. The van der Waals surface area contributed by atoms with E-state index in [0.717, 1.165) is 24.5 Å². The number of hydrogen-bond donors (Lipinski definition) is 1. The Labute approximate surface area is 118 Å². The second-order valence-electron chi connectivity index (χ2n) is 7.25. The summed E-state index contributed by atoms with van der Waals surface area (Å²) in [4.78, 5) is 0. The first-order valence-corrected chi connectivity index (χ1v) is 8.61. The highest BCUT2D eigenvalue weighted by Gasteiger charge is 2.55. The van der Waals surface area contributed by atoms with Gasteiger partial charge in [-0.15, -0.1) is 0 Å². The summed E-state index contributed by atoms with van der Waals surface area (Å²) in [6.07, 6.45) is 11.8. The lowest BCUT2D eigenvalue weighted by atomic mass is 9.55. The molecule has 3 atom stereocenters. The van der Waals surface area contributed by atoms with Crippen molar-refractivity contribution in [2.45, 2.75) is 77.4 Å². The molecule has 0 aromatic carbocycles. The van der Waals surface area contributed by atoms with Crippen LogP contribution in [0.15, 0.2) is 0 Å². The van der Waals surface area contributed by atoms with Gasteiger partial charge in [-0.2, -0.15) is 0 Å². The summed E-state index contributed by atoms with van der Waals surface area (Å²) in [6.45, 7) is 6.69. The van der Waals surface area contributed by atoms with E-state index < -0.39 is 0 Å². The first-order valence-electron chi connectivity index (χ1n) is 8.61. The Morgan fingerprint density at radius 2 is 1.95 bits per heavy atom. The average molecular weight is 265 g/mol. The van der Waals surface area contributed by atoms with Crippen molar-refractivity contribution in [3.63, 3.8) is 0 Å². The third-order valence-electron chi connectivity index (χ3n) is 6.05. The van der Waals surface area contributed by atoms with Crippen LogP contribution in [-0.4, -0.2) is 25.3 Å². The number of nitrogens with one attached hydrogen (secondary N) is 1. The van der Waals surface area contributed by atoms with Crippen molar-refractivity contribution in [2.75, 3.05) is 13.2 Å². The summed E-state index contributed by atoms with van der Waals surface area (Å²) in [5.74, 6) is 1.91. The van der Waals surface area contributed by atoms with Gasteiger partial charge in [0.25, 0.3) is 0 Å². The first-order chi connectivity index (χ1) is 9.26. The van der Waals surface area contributed by atoms with Crippen LogP contribution in [0.25, 0.3) is 0 Å². The number of hydrogen-bond acceptors (Lipinski definition) is 2. The Hall–Kier alpha value is -0.0800. The van der Waals surface area contributed by atoms with Crippen molar-refractivity contribution < 1.29 is 4.74 Å². The third-order valence-corrected chi connectivity index (χ3v) is 6.05. The van der Waals surface area contributed by atoms with Gasteiger partial charge in [-0.1, -0.05) is 26.2 Å². The molecule has 110 valence electrons. The van der Waals surface area contributed by atoms with Crippen LogP contribution in [0.1, 0.15) is 65.2 Å². The minimum atomic E-state index is 0.498. The van der Waals surface area contributed by atoms with Gasteiger partial charge in [-0.25, -0.2) is 0 Å². The zero-order valence-corrected chi connectivity index (χ0v) is 12.8. The van der Waals surface area contributed by atoms with Gasteiger partial charge in [0.15, 0.2) is 0 Å². The van der Waals surface area contributed by atoms with E-state index in [1.807, 2.05) is 0 Å². The molecule has 0 amide bonds. The van der Waals surface area contributed by atoms with Crippen LogP contribution in [0, 0.1) is 17.3 Å². The molecule has 0 aromatic heterocycles. The lowest BCUT2D eigenvalue weighted by Gasteiger charge is -2.58. The number of rotatable bonds is 6. The SMILES string of the molecule is CCOC1CC(NCC(C)C2CC2)C12CCCCC2. The van der Waals surface area contributed by atoms with Crippen molar-refractivity contribution in [1.82, 2.24) is 5.32 Å². The Bertz CT molecular complexity index is 294. The highest BCUT2D eigenvalue weighted by molar-refractivity contribution is 5.09. The van der Waals surface area contributed by atoms with Crippen LogP contribution in [0.4, 0.5) is 0 Å². The van der Waals surface area contributed by atoms with Crippen molar-refractivity contribution in [3.05, 3.63) is 0 Å². The average Bonchev–Trinajstić information content (AvgIpc) is 3.27. The van der Waals surface area contributed by atoms with E-state index in [1.165, 1.54) is 57.9 Å². The molecule has 3 aliphatic rings. The van der Waals surface area contributed by atoms with Crippen LogP contribution in [0.2, 0.25) is 0 Å². The molecular formula is C17H31NO. The standard InChI is InChI=1S/C17H31NO/c1-3-19-16-11-15(17(16)9-5-4-6-10-17)18-12-13(2)14-7-8-14/h13-16,18H,3-12H2,1-2H3. The second-order valence-corrected chi connectivity index (χ2v) is 7.25. The highest BCUT2D eigenvalue weighted by atomic mass is 16.5.